The van der Waals surface area contributed by atoms with Crippen LogP contribution in [0.2, 0.25) is 0 Å². The second kappa shape index (κ2) is 11.5. The molecular weight excluding hydrogens is 266 g/mol. The van der Waals surface area contributed by atoms with Crippen molar-refractivity contribution >= 4 is 11.8 Å². The minimum Gasteiger partial charge on any atom is -0.356 e. The van der Waals surface area contributed by atoms with Crippen LogP contribution in [-0.2, 0) is 9.59 Å². The average Bonchev–Trinajstić information content (AvgIpc) is 2.49. The molecule has 1 aliphatic heterocycles. The van der Waals surface area contributed by atoms with Crippen LogP contribution in [0.4, 0.5) is 0 Å². The molecular formula is C16H31N3O2. The highest BCUT2D eigenvalue weighted by Crippen LogP contribution is 2.04. The highest BCUT2D eigenvalue weighted by atomic mass is 16.2. The number of carbonyl (C=O) groups excluding carboxylic acids is 2. The summed E-state index contributed by atoms with van der Waals surface area (Å²) in [7, 11) is 0. The number of nitrogens with one attached hydrogen (secondary N) is 3. The molecule has 0 atom stereocenters. The van der Waals surface area contributed by atoms with Crippen molar-refractivity contribution in [2.75, 3.05) is 19.6 Å². The van der Waals surface area contributed by atoms with Gasteiger partial charge in [-0.3, -0.25) is 9.59 Å². The van der Waals surface area contributed by atoms with Crippen molar-refractivity contribution in [3.8, 4) is 0 Å². The number of rotatable bonds is 10. The molecule has 0 aromatic rings. The number of hydrogen-bond donors (Lipinski definition) is 3. The van der Waals surface area contributed by atoms with Crippen molar-refractivity contribution < 1.29 is 9.59 Å². The van der Waals surface area contributed by atoms with Crippen molar-refractivity contribution in [3.63, 3.8) is 0 Å². The van der Waals surface area contributed by atoms with Gasteiger partial charge in [-0.25, -0.2) is 0 Å². The van der Waals surface area contributed by atoms with Crippen LogP contribution in [0.15, 0.2) is 0 Å². The van der Waals surface area contributed by atoms with Gasteiger partial charge < -0.3 is 16.0 Å². The van der Waals surface area contributed by atoms with Gasteiger partial charge in [0.2, 0.25) is 11.8 Å². The van der Waals surface area contributed by atoms with Crippen LogP contribution in [-0.4, -0.2) is 37.5 Å². The maximum Gasteiger partial charge on any atom is 0.220 e. The Morgan fingerprint density at radius 1 is 1.00 bits per heavy atom. The lowest BCUT2D eigenvalue weighted by molar-refractivity contribution is -0.122. The van der Waals surface area contributed by atoms with E-state index < -0.39 is 0 Å². The van der Waals surface area contributed by atoms with E-state index in [-0.39, 0.29) is 11.8 Å². The molecule has 0 saturated carbocycles. The van der Waals surface area contributed by atoms with Crippen LogP contribution in [0.5, 0.6) is 0 Å². The molecule has 0 aromatic heterocycles. The number of unbranched alkanes of at least 4 members (excludes halogenated alkanes) is 3. The molecule has 122 valence electrons. The highest BCUT2D eigenvalue weighted by Gasteiger charge is 2.14. The molecule has 0 bridgehead atoms. The maximum absolute atomic E-state index is 11.8. The Labute approximate surface area is 128 Å². The summed E-state index contributed by atoms with van der Waals surface area (Å²) in [5, 5.41) is 9.32. The predicted molar refractivity (Wildman–Crippen MR) is 85.0 cm³/mol. The molecule has 1 heterocycles. The van der Waals surface area contributed by atoms with E-state index in [1.807, 2.05) is 0 Å². The third-order valence-corrected chi connectivity index (χ3v) is 3.86. The fourth-order valence-corrected chi connectivity index (χ4v) is 2.51. The van der Waals surface area contributed by atoms with Gasteiger partial charge in [-0.1, -0.05) is 19.8 Å². The molecule has 1 saturated heterocycles. The highest BCUT2D eigenvalue weighted by molar-refractivity contribution is 5.76. The zero-order valence-electron chi connectivity index (χ0n) is 13.4. The van der Waals surface area contributed by atoms with Crippen LogP contribution >= 0.6 is 0 Å². The van der Waals surface area contributed by atoms with E-state index in [9.17, 15) is 9.59 Å². The quantitative estimate of drug-likeness (QED) is 0.538. The van der Waals surface area contributed by atoms with Crippen LogP contribution < -0.4 is 16.0 Å². The Kier molecular flexibility index (Phi) is 9.87. The molecule has 5 heteroatoms. The smallest absolute Gasteiger partial charge is 0.220 e. The largest absolute Gasteiger partial charge is 0.356 e. The first-order chi connectivity index (χ1) is 10.2. The molecule has 0 unspecified atom stereocenters. The first-order valence-electron chi connectivity index (χ1n) is 8.49. The zero-order valence-corrected chi connectivity index (χ0v) is 13.4. The maximum atomic E-state index is 11.8. The third kappa shape index (κ3) is 9.45. The van der Waals surface area contributed by atoms with Crippen molar-refractivity contribution in [2.24, 2.45) is 0 Å². The molecule has 0 spiro atoms. The second-order valence-corrected chi connectivity index (χ2v) is 5.86. The van der Waals surface area contributed by atoms with E-state index >= 15 is 0 Å². The van der Waals surface area contributed by atoms with Crippen LogP contribution in [0, 0.1) is 0 Å². The predicted octanol–water partition coefficient (Wildman–Crippen LogP) is 1.72. The summed E-state index contributed by atoms with van der Waals surface area (Å²) in [5.41, 5.74) is 0. The van der Waals surface area contributed by atoms with Gasteiger partial charge in [-0.15, -0.1) is 0 Å². The Hall–Kier alpha value is -1.10. The summed E-state index contributed by atoms with van der Waals surface area (Å²) < 4.78 is 0. The minimum absolute atomic E-state index is 0.153. The number of carbonyl (C=O) groups is 2. The van der Waals surface area contributed by atoms with Gasteiger partial charge in [-0.2, -0.15) is 0 Å². The van der Waals surface area contributed by atoms with Gasteiger partial charge >= 0.3 is 0 Å². The van der Waals surface area contributed by atoms with Crippen molar-refractivity contribution in [1.29, 1.82) is 0 Å². The monoisotopic (exact) mass is 297 g/mol. The van der Waals surface area contributed by atoms with Gasteiger partial charge in [0.05, 0.1) is 0 Å². The van der Waals surface area contributed by atoms with Crippen LogP contribution in [0.1, 0.15) is 64.7 Å². The Bertz CT molecular complexity index is 302. The lowest BCUT2D eigenvalue weighted by Crippen LogP contribution is -2.42. The fraction of sp³-hybridized carbons (Fsp3) is 0.875. The molecule has 1 fully saturated rings. The van der Waals surface area contributed by atoms with E-state index in [0.29, 0.717) is 18.9 Å². The third-order valence-electron chi connectivity index (χ3n) is 3.86. The van der Waals surface area contributed by atoms with Gasteiger partial charge in [0.1, 0.15) is 0 Å². The average molecular weight is 297 g/mol. The number of piperidine rings is 1. The molecule has 2 amide bonds. The lowest BCUT2D eigenvalue weighted by Gasteiger charge is -2.23. The van der Waals surface area contributed by atoms with Gasteiger partial charge in [0.25, 0.3) is 0 Å². The van der Waals surface area contributed by atoms with Crippen molar-refractivity contribution in [3.05, 3.63) is 0 Å². The lowest BCUT2D eigenvalue weighted by atomic mass is 10.1. The zero-order chi connectivity index (χ0) is 15.3. The fourth-order valence-electron chi connectivity index (χ4n) is 2.51. The number of amides is 2. The van der Waals surface area contributed by atoms with Crippen LogP contribution in [0.25, 0.3) is 0 Å². The summed E-state index contributed by atoms with van der Waals surface area (Å²) in [6.07, 6.45) is 8.18. The van der Waals surface area contributed by atoms with E-state index in [2.05, 4.69) is 22.9 Å². The standard InChI is InChI=1S/C16H31N3O2/c1-2-3-7-15(20)18-11-6-4-5-8-16(21)19-14-9-12-17-13-10-14/h14,17H,2-13H2,1H3,(H,18,20)(H,19,21). The van der Waals surface area contributed by atoms with E-state index in [4.69, 9.17) is 0 Å². The summed E-state index contributed by atoms with van der Waals surface area (Å²) in [6.45, 7) is 4.83. The topological polar surface area (TPSA) is 70.2 Å². The Balaban J connectivity index is 1.91. The Morgan fingerprint density at radius 3 is 2.43 bits per heavy atom. The van der Waals surface area contributed by atoms with E-state index in [1.165, 1.54) is 0 Å². The molecule has 5 nitrogen and oxygen atoms in total. The van der Waals surface area contributed by atoms with Gasteiger partial charge in [0, 0.05) is 25.4 Å². The molecule has 1 aliphatic rings. The van der Waals surface area contributed by atoms with Crippen LogP contribution in [0.3, 0.4) is 0 Å². The molecule has 0 radical (unpaired) electrons. The molecule has 21 heavy (non-hydrogen) atoms. The molecule has 1 rings (SSSR count). The molecule has 3 N–H and O–H groups in total. The van der Waals surface area contributed by atoms with Gasteiger partial charge in [0.15, 0.2) is 0 Å². The SMILES string of the molecule is CCCCC(=O)NCCCCCC(=O)NC1CCNCC1. The normalized spacial score (nSPS) is 15.7. The first-order valence-corrected chi connectivity index (χ1v) is 8.49. The molecule has 0 aromatic carbocycles. The second-order valence-electron chi connectivity index (χ2n) is 5.86. The summed E-state index contributed by atoms with van der Waals surface area (Å²) in [4.78, 5) is 23.2. The van der Waals surface area contributed by atoms with Crippen molar-refractivity contribution in [2.45, 2.75) is 70.8 Å². The minimum atomic E-state index is 0.153. The first kappa shape index (κ1) is 18.0. The van der Waals surface area contributed by atoms with E-state index in [0.717, 1.165) is 64.6 Å². The Morgan fingerprint density at radius 2 is 1.71 bits per heavy atom. The van der Waals surface area contributed by atoms with Crippen molar-refractivity contribution in [1.82, 2.24) is 16.0 Å². The molecule has 0 aliphatic carbocycles. The summed E-state index contributed by atoms with van der Waals surface area (Å²) in [6, 6.07) is 0.358. The summed E-state index contributed by atoms with van der Waals surface area (Å²) in [5.74, 6) is 0.328. The number of hydrogen-bond acceptors (Lipinski definition) is 3. The van der Waals surface area contributed by atoms with Gasteiger partial charge in [-0.05, 0) is 45.2 Å². The summed E-state index contributed by atoms with van der Waals surface area (Å²) >= 11 is 0. The van der Waals surface area contributed by atoms with E-state index in [1.54, 1.807) is 0 Å².